The van der Waals surface area contributed by atoms with Crippen LogP contribution < -0.4 is 5.90 Å². The fourth-order valence-corrected chi connectivity index (χ4v) is 0.0192. The summed E-state index contributed by atoms with van der Waals surface area (Å²) in [5, 5.41) is 14.6. The standard InChI is InChI=1S/H4N2O4/c1-5-2(3)6-4/h3-4H,1H2. The molecule has 0 aliphatic heterocycles. The monoisotopic (exact) mass is 96.0 g/mol. The molecular weight excluding hydrogens is 92.0 g/mol. The zero-order valence-electron chi connectivity index (χ0n) is 2.74. The van der Waals surface area contributed by atoms with Crippen LogP contribution in [-0.2, 0) is 9.93 Å². The first-order valence-corrected chi connectivity index (χ1v) is 0.983. The molecule has 0 aromatic rings. The molecule has 0 fully saturated rings. The van der Waals surface area contributed by atoms with E-state index in [0.717, 1.165) is 0 Å². The second kappa shape index (κ2) is 2.97. The van der Waals surface area contributed by atoms with E-state index >= 15 is 0 Å². The van der Waals surface area contributed by atoms with E-state index in [2.05, 4.69) is 15.8 Å². The van der Waals surface area contributed by atoms with Crippen LogP contribution in [0.4, 0.5) is 0 Å². The van der Waals surface area contributed by atoms with Gasteiger partial charge in [0, 0.05) is 0 Å². The fourth-order valence-electron chi connectivity index (χ4n) is 0.0192. The molecular formula is H4N2O4. The van der Waals surface area contributed by atoms with Gasteiger partial charge in [-0.05, 0) is 0 Å². The van der Waals surface area contributed by atoms with Gasteiger partial charge in [0.05, 0.1) is 0 Å². The van der Waals surface area contributed by atoms with Crippen molar-refractivity contribution in [3.63, 3.8) is 0 Å². The van der Waals surface area contributed by atoms with Gasteiger partial charge in [-0.1, -0.05) is 4.99 Å². The summed E-state index contributed by atoms with van der Waals surface area (Å²) in [6, 6.07) is 0. The predicted octanol–water partition coefficient (Wildman–Crippen LogP) is -1.11. The highest BCUT2D eigenvalue weighted by Crippen LogP contribution is 1.70. The Morgan fingerprint density at radius 2 is 2.17 bits per heavy atom. The molecule has 0 heterocycles. The largest absolute Gasteiger partial charge is 0.263 e. The minimum absolute atomic E-state index is 0.417. The molecule has 0 saturated heterocycles. The maximum atomic E-state index is 7.68. The van der Waals surface area contributed by atoms with Gasteiger partial charge < -0.3 is 0 Å². The summed E-state index contributed by atoms with van der Waals surface area (Å²) in [6.45, 7) is 0. The maximum absolute atomic E-state index is 7.68. The number of rotatable bonds is 2. The lowest BCUT2D eigenvalue weighted by Crippen LogP contribution is -2.21. The van der Waals surface area contributed by atoms with Gasteiger partial charge in [0.2, 0.25) is 0 Å². The number of hydrogen-bond acceptors (Lipinski definition) is 6. The lowest BCUT2D eigenvalue weighted by Gasteiger charge is -1.99. The number of nitrogens with zero attached hydrogens (tertiary/aromatic N) is 1. The third-order valence-electron chi connectivity index (χ3n) is 0.160. The van der Waals surface area contributed by atoms with Crippen LogP contribution in [0.1, 0.15) is 0 Å². The Hall–Kier alpha value is -0.240. The second-order valence-electron chi connectivity index (χ2n) is 0.425. The molecule has 0 amide bonds. The van der Waals surface area contributed by atoms with Gasteiger partial charge in [-0.2, -0.15) is 10.8 Å². The Morgan fingerprint density at radius 1 is 1.67 bits per heavy atom. The molecule has 0 rings (SSSR count). The first kappa shape index (κ1) is 5.76. The Bertz CT molecular complexity index is 24.7. The van der Waals surface area contributed by atoms with Crippen LogP contribution in [-0.4, -0.2) is 15.9 Å². The summed E-state index contributed by atoms with van der Waals surface area (Å²) >= 11 is 0. The minimum Gasteiger partial charge on any atom is -0.263 e. The van der Waals surface area contributed by atoms with Crippen LogP contribution in [0.25, 0.3) is 0 Å². The highest BCUT2D eigenvalue weighted by atomic mass is 17.4. The van der Waals surface area contributed by atoms with Crippen molar-refractivity contribution in [2.75, 3.05) is 0 Å². The SMILES string of the molecule is NON(O)OO. The van der Waals surface area contributed by atoms with Crippen LogP contribution in [0.3, 0.4) is 0 Å². The molecule has 0 aromatic carbocycles. The van der Waals surface area contributed by atoms with Crippen molar-refractivity contribution in [1.29, 1.82) is 0 Å². The molecule has 0 saturated carbocycles. The van der Waals surface area contributed by atoms with Gasteiger partial charge in [0.25, 0.3) is 0 Å². The van der Waals surface area contributed by atoms with Crippen molar-refractivity contribution in [3.8, 4) is 0 Å². The molecule has 0 aromatic heterocycles. The summed E-state index contributed by atoms with van der Waals surface area (Å²) < 4.78 is 0. The van der Waals surface area contributed by atoms with Gasteiger partial charge in [-0.25, -0.2) is 5.26 Å². The lowest BCUT2D eigenvalue weighted by molar-refractivity contribution is -0.607. The van der Waals surface area contributed by atoms with Gasteiger partial charge in [0.15, 0.2) is 0 Å². The predicted molar refractivity (Wildman–Crippen MR) is 12.6 cm³/mol. The van der Waals surface area contributed by atoms with Crippen molar-refractivity contribution in [1.82, 2.24) is 5.39 Å². The van der Waals surface area contributed by atoms with Gasteiger partial charge in [-0.3, -0.25) is 5.21 Å². The molecule has 6 heavy (non-hydrogen) atoms. The number of hydrogen-bond donors (Lipinski definition) is 3. The summed E-state index contributed by atoms with van der Waals surface area (Å²) in [5.74, 6) is 4.17. The maximum Gasteiger partial charge on any atom is 0.121 e. The Labute approximate surface area is 33.0 Å². The molecule has 0 aliphatic rings. The zero-order valence-corrected chi connectivity index (χ0v) is 2.74. The third-order valence-corrected chi connectivity index (χ3v) is 0.160. The summed E-state index contributed by atoms with van der Waals surface area (Å²) in [6.07, 6.45) is 0. The molecule has 38 valence electrons. The van der Waals surface area contributed by atoms with Crippen molar-refractivity contribution in [3.05, 3.63) is 0 Å². The highest BCUT2D eigenvalue weighted by molar-refractivity contribution is 3.42. The second-order valence-corrected chi connectivity index (χ2v) is 0.425. The summed E-state index contributed by atoms with van der Waals surface area (Å²) in [7, 11) is 0. The van der Waals surface area contributed by atoms with E-state index in [1.807, 2.05) is 0 Å². The van der Waals surface area contributed by atoms with Crippen LogP contribution in [0, 0.1) is 0 Å². The van der Waals surface area contributed by atoms with Gasteiger partial charge in [-0.15, -0.1) is 0 Å². The molecule has 0 bridgehead atoms. The van der Waals surface area contributed by atoms with E-state index in [0.29, 0.717) is 0 Å². The molecule has 0 radical (unpaired) electrons. The third kappa shape index (κ3) is 2.03. The molecule has 0 aliphatic carbocycles. The fraction of sp³-hybridized carbons (Fsp3) is 0. The smallest absolute Gasteiger partial charge is 0.121 e. The topological polar surface area (TPSA) is 88.2 Å². The van der Waals surface area contributed by atoms with Crippen molar-refractivity contribution < 1.29 is 20.4 Å². The first-order chi connectivity index (χ1) is 2.81. The molecule has 0 unspecified atom stereocenters. The Morgan fingerprint density at radius 3 is 2.17 bits per heavy atom. The van der Waals surface area contributed by atoms with Crippen molar-refractivity contribution >= 4 is 0 Å². The lowest BCUT2D eigenvalue weighted by atomic mass is 12.9. The number of nitrogens with two attached hydrogens (primary N) is 1. The van der Waals surface area contributed by atoms with E-state index in [1.165, 1.54) is 0 Å². The van der Waals surface area contributed by atoms with Crippen LogP contribution in [0.5, 0.6) is 0 Å². The van der Waals surface area contributed by atoms with E-state index in [-0.39, 0.29) is 0 Å². The Balaban J connectivity index is 2.75. The quantitative estimate of drug-likeness (QED) is 0.298. The zero-order chi connectivity index (χ0) is 4.99. The van der Waals surface area contributed by atoms with Gasteiger partial charge >= 0.3 is 0 Å². The summed E-state index contributed by atoms with van der Waals surface area (Å²) in [5.41, 5.74) is 0. The van der Waals surface area contributed by atoms with E-state index in [4.69, 9.17) is 10.5 Å². The summed E-state index contributed by atoms with van der Waals surface area (Å²) in [4.78, 5) is 6.26. The molecule has 6 heteroatoms. The minimum atomic E-state index is -0.417. The van der Waals surface area contributed by atoms with Crippen molar-refractivity contribution in [2.24, 2.45) is 5.90 Å². The Kier molecular flexibility index (Phi) is 2.85. The van der Waals surface area contributed by atoms with E-state index < -0.39 is 5.39 Å². The van der Waals surface area contributed by atoms with Crippen LogP contribution in [0.15, 0.2) is 0 Å². The highest BCUT2D eigenvalue weighted by Gasteiger charge is 1.89. The van der Waals surface area contributed by atoms with E-state index in [1.54, 1.807) is 0 Å². The van der Waals surface area contributed by atoms with Crippen molar-refractivity contribution in [2.45, 2.75) is 0 Å². The molecule has 6 nitrogen and oxygen atoms in total. The first-order valence-electron chi connectivity index (χ1n) is 0.983. The molecule has 4 N–H and O–H groups in total. The normalized spacial score (nSPS) is 10.0. The average Bonchev–Trinajstić information content (AvgIpc) is 1.65. The molecule has 0 spiro atoms. The van der Waals surface area contributed by atoms with E-state index in [9.17, 15) is 0 Å². The van der Waals surface area contributed by atoms with Crippen LogP contribution in [0.2, 0.25) is 0 Å². The van der Waals surface area contributed by atoms with Gasteiger partial charge in [0.1, 0.15) is 5.39 Å². The van der Waals surface area contributed by atoms with Crippen LogP contribution >= 0.6 is 0 Å². The molecule has 0 atom stereocenters. The average molecular weight is 96.0 g/mol.